The molecule has 0 spiro atoms. The Morgan fingerprint density at radius 2 is 1.76 bits per heavy atom. The molecule has 1 aromatic heterocycles. The Morgan fingerprint density at radius 3 is 2.48 bits per heavy atom. The Bertz CT molecular complexity index is 788. The van der Waals surface area contributed by atoms with Gasteiger partial charge in [-0.15, -0.1) is 0 Å². The van der Waals surface area contributed by atoms with E-state index in [1.165, 1.54) is 11.1 Å². The van der Waals surface area contributed by atoms with E-state index in [1.807, 2.05) is 6.07 Å². The van der Waals surface area contributed by atoms with Crippen molar-refractivity contribution in [2.24, 2.45) is 0 Å². The highest BCUT2D eigenvalue weighted by Crippen LogP contribution is 2.37. The maximum atomic E-state index is 6.08. The number of hydrogen-bond acceptors (Lipinski definition) is 2. The summed E-state index contributed by atoms with van der Waals surface area (Å²) < 4.78 is 1.03. The molecular formula is C17H16BrN3. The van der Waals surface area contributed by atoms with Gasteiger partial charge in [0.15, 0.2) is 5.82 Å². The zero-order chi connectivity index (χ0) is 15.0. The summed E-state index contributed by atoms with van der Waals surface area (Å²) in [6, 6.07) is 14.5. The predicted octanol–water partition coefficient (Wildman–Crippen LogP) is 4.71. The molecule has 0 aliphatic rings. The molecule has 2 aromatic carbocycles. The minimum absolute atomic E-state index is 0.522. The van der Waals surface area contributed by atoms with Crippen molar-refractivity contribution in [2.75, 3.05) is 5.73 Å². The standard InChI is InChI=1S/C17H16BrN3/c1-10-3-6-12(7-4-10)15-16(20-21-17(15)19)14-9-13(18)8-5-11(14)2/h3-9H,1-2H3,(H3,19,20,21). The number of H-pyrrole nitrogens is 1. The number of nitrogens with one attached hydrogen (secondary N) is 1. The second-order valence-electron chi connectivity index (χ2n) is 5.18. The predicted molar refractivity (Wildman–Crippen MR) is 91.0 cm³/mol. The first-order valence-electron chi connectivity index (χ1n) is 6.73. The number of hydrogen-bond donors (Lipinski definition) is 2. The van der Waals surface area contributed by atoms with Crippen LogP contribution in [0.2, 0.25) is 0 Å². The highest BCUT2D eigenvalue weighted by Gasteiger charge is 2.16. The number of anilines is 1. The average Bonchev–Trinajstić information content (AvgIpc) is 2.84. The molecule has 0 aliphatic carbocycles. The summed E-state index contributed by atoms with van der Waals surface area (Å²) in [4.78, 5) is 0. The van der Waals surface area contributed by atoms with Crippen molar-refractivity contribution >= 4 is 21.7 Å². The van der Waals surface area contributed by atoms with Crippen LogP contribution >= 0.6 is 15.9 Å². The van der Waals surface area contributed by atoms with E-state index in [2.05, 4.69) is 76.4 Å². The number of nitrogens with two attached hydrogens (primary N) is 1. The molecule has 0 radical (unpaired) electrons. The molecule has 0 amide bonds. The lowest BCUT2D eigenvalue weighted by atomic mass is 9.97. The van der Waals surface area contributed by atoms with Gasteiger partial charge in [0.1, 0.15) is 0 Å². The van der Waals surface area contributed by atoms with Crippen molar-refractivity contribution < 1.29 is 0 Å². The first-order chi connectivity index (χ1) is 10.1. The second kappa shape index (κ2) is 5.37. The number of aryl methyl sites for hydroxylation is 2. The average molecular weight is 342 g/mol. The molecule has 0 saturated carbocycles. The summed E-state index contributed by atoms with van der Waals surface area (Å²) in [6.45, 7) is 4.15. The van der Waals surface area contributed by atoms with Crippen LogP contribution in [0.5, 0.6) is 0 Å². The van der Waals surface area contributed by atoms with E-state index in [-0.39, 0.29) is 0 Å². The Kier molecular flexibility index (Phi) is 3.55. The van der Waals surface area contributed by atoms with Crippen LogP contribution in [0, 0.1) is 13.8 Å². The van der Waals surface area contributed by atoms with E-state index in [0.29, 0.717) is 5.82 Å². The fourth-order valence-corrected chi connectivity index (χ4v) is 2.79. The third-order valence-electron chi connectivity index (χ3n) is 3.60. The number of aromatic amines is 1. The van der Waals surface area contributed by atoms with Gasteiger partial charge in [-0.3, -0.25) is 5.10 Å². The van der Waals surface area contributed by atoms with Crippen LogP contribution in [-0.2, 0) is 0 Å². The maximum absolute atomic E-state index is 6.08. The first-order valence-corrected chi connectivity index (χ1v) is 7.53. The molecule has 0 unspecified atom stereocenters. The summed E-state index contributed by atoms with van der Waals surface area (Å²) in [5.41, 5.74) is 12.6. The third-order valence-corrected chi connectivity index (χ3v) is 4.10. The van der Waals surface area contributed by atoms with Crippen LogP contribution in [0.4, 0.5) is 5.82 Å². The second-order valence-corrected chi connectivity index (χ2v) is 6.10. The van der Waals surface area contributed by atoms with Crippen molar-refractivity contribution in [3.8, 4) is 22.4 Å². The van der Waals surface area contributed by atoms with Crippen LogP contribution in [-0.4, -0.2) is 10.2 Å². The fraction of sp³-hybridized carbons (Fsp3) is 0.118. The summed E-state index contributed by atoms with van der Waals surface area (Å²) in [7, 11) is 0. The number of rotatable bonds is 2. The van der Waals surface area contributed by atoms with Gasteiger partial charge in [-0.2, -0.15) is 5.10 Å². The van der Waals surface area contributed by atoms with Gasteiger partial charge < -0.3 is 5.73 Å². The Balaban J connectivity index is 2.21. The molecule has 21 heavy (non-hydrogen) atoms. The molecule has 3 nitrogen and oxygen atoms in total. The van der Waals surface area contributed by atoms with Crippen molar-refractivity contribution in [2.45, 2.75) is 13.8 Å². The molecule has 3 N–H and O–H groups in total. The lowest BCUT2D eigenvalue weighted by Crippen LogP contribution is -1.90. The van der Waals surface area contributed by atoms with E-state index in [0.717, 1.165) is 26.9 Å². The van der Waals surface area contributed by atoms with Crippen LogP contribution in [0.1, 0.15) is 11.1 Å². The molecule has 0 bridgehead atoms. The van der Waals surface area contributed by atoms with Crippen LogP contribution in [0.15, 0.2) is 46.9 Å². The maximum Gasteiger partial charge on any atom is 0.153 e. The number of nitrogen functional groups attached to an aromatic ring is 1. The molecule has 3 aromatic rings. The van der Waals surface area contributed by atoms with E-state index in [4.69, 9.17) is 5.73 Å². The molecule has 0 fully saturated rings. The number of aromatic nitrogens is 2. The van der Waals surface area contributed by atoms with Gasteiger partial charge >= 0.3 is 0 Å². The lowest BCUT2D eigenvalue weighted by Gasteiger charge is -2.08. The van der Waals surface area contributed by atoms with Crippen molar-refractivity contribution in [1.29, 1.82) is 0 Å². The molecule has 3 rings (SSSR count). The number of halogens is 1. The highest BCUT2D eigenvalue weighted by molar-refractivity contribution is 9.10. The lowest BCUT2D eigenvalue weighted by molar-refractivity contribution is 1.10. The summed E-state index contributed by atoms with van der Waals surface area (Å²) >= 11 is 3.53. The smallest absolute Gasteiger partial charge is 0.153 e. The normalized spacial score (nSPS) is 10.8. The highest BCUT2D eigenvalue weighted by atomic mass is 79.9. The van der Waals surface area contributed by atoms with Crippen molar-refractivity contribution in [1.82, 2.24) is 10.2 Å². The SMILES string of the molecule is Cc1ccc(-c2c(N)n[nH]c2-c2cc(Br)ccc2C)cc1. The van der Waals surface area contributed by atoms with Gasteiger partial charge in [-0.05, 0) is 37.1 Å². The Morgan fingerprint density at radius 1 is 1.05 bits per heavy atom. The van der Waals surface area contributed by atoms with E-state index < -0.39 is 0 Å². The fourth-order valence-electron chi connectivity index (χ4n) is 2.43. The van der Waals surface area contributed by atoms with Crippen molar-refractivity contribution in [3.05, 3.63) is 58.1 Å². The van der Waals surface area contributed by atoms with Gasteiger partial charge in [-0.25, -0.2) is 0 Å². The third kappa shape index (κ3) is 2.59. The van der Waals surface area contributed by atoms with Gasteiger partial charge in [0.05, 0.1) is 11.3 Å². The van der Waals surface area contributed by atoms with E-state index in [9.17, 15) is 0 Å². The zero-order valence-corrected chi connectivity index (χ0v) is 13.5. The quantitative estimate of drug-likeness (QED) is 0.709. The van der Waals surface area contributed by atoms with Crippen LogP contribution in [0.3, 0.4) is 0 Å². The summed E-state index contributed by atoms with van der Waals surface area (Å²) in [5, 5.41) is 7.28. The van der Waals surface area contributed by atoms with Gasteiger partial charge in [0.2, 0.25) is 0 Å². The number of nitrogens with zero attached hydrogens (tertiary/aromatic N) is 1. The molecular weight excluding hydrogens is 326 g/mol. The molecule has 106 valence electrons. The van der Waals surface area contributed by atoms with Gasteiger partial charge in [0, 0.05) is 10.0 Å². The Hall–Kier alpha value is -2.07. The van der Waals surface area contributed by atoms with Crippen LogP contribution < -0.4 is 5.73 Å². The zero-order valence-electron chi connectivity index (χ0n) is 11.9. The minimum Gasteiger partial charge on any atom is -0.382 e. The summed E-state index contributed by atoms with van der Waals surface area (Å²) in [5.74, 6) is 0.522. The first kappa shape index (κ1) is 13.9. The Labute approximate surface area is 132 Å². The minimum atomic E-state index is 0.522. The molecule has 4 heteroatoms. The molecule has 0 aliphatic heterocycles. The van der Waals surface area contributed by atoms with Crippen molar-refractivity contribution in [3.63, 3.8) is 0 Å². The van der Waals surface area contributed by atoms with E-state index in [1.54, 1.807) is 0 Å². The number of benzene rings is 2. The summed E-state index contributed by atoms with van der Waals surface area (Å²) in [6.07, 6.45) is 0. The van der Waals surface area contributed by atoms with Gasteiger partial charge in [-0.1, -0.05) is 51.8 Å². The van der Waals surface area contributed by atoms with Gasteiger partial charge in [0.25, 0.3) is 0 Å². The monoisotopic (exact) mass is 341 g/mol. The molecule has 1 heterocycles. The van der Waals surface area contributed by atoms with E-state index >= 15 is 0 Å². The molecule has 0 saturated heterocycles. The molecule has 0 atom stereocenters. The topological polar surface area (TPSA) is 54.7 Å². The van der Waals surface area contributed by atoms with Crippen LogP contribution in [0.25, 0.3) is 22.4 Å². The largest absolute Gasteiger partial charge is 0.382 e.